The first-order chi connectivity index (χ1) is 21.2. The first-order valence-corrected chi connectivity index (χ1v) is 14.4. The number of guanidine groups is 1. The second-order valence-corrected chi connectivity index (χ2v) is 11.1. The number of carbonyl (C=O) groups is 6. The van der Waals surface area contributed by atoms with E-state index in [-0.39, 0.29) is 38.2 Å². The van der Waals surface area contributed by atoms with Crippen molar-refractivity contribution in [1.82, 2.24) is 26.6 Å². The van der Waals surface area contributed by atoms with E-state index in [0.29, 0.717) is 0 Å². The van der Waals surface area contributed by atoms with Crippen molar-refractivity contribution in [3.05, 3.63) is 71.8 Å². The van der Waals surface area contributed by atoms with Crippen molar-refractivity contribution in [1.29, 1.82) is 5.41 Å². The number of Topliss-reactive ketones (excluding diaryl/α,β-unsaturated/α-hetero) is 1. The van der Waals surface area contributed by atoms with E-state index < -0.39 is 59.0 Å². The molecule has 2 aromatic carbocycles. The van der Waals surface area contributed by atoms with Crippen molar-refractivity contribution in [3.63, 3.8) is 0 Å². The number of nitrogens with one attached hydrogen (secondary N) is 6. The molecule has 0 fully saturated rings. The van der Waals surface area contributed by atoms with Crippen LogP contribution in [0.25, 0.3) is 0 Å². The van der Waals surface area contributed by atoms with Crippen LogP contribution < -0.4 is 38.1 Å². The van der Waals surface area contributed by atoms with Crippen LogP contribution in [-0.4, -0.2) is 71.5 Å². The van der Waals surface area contributed by atoms with E-state index in [9.17, 15) is 28.8 Å². The molecule has 2 aromatic rings. The van der Waals surface area contributed by atoms with Gasteiger partial charge in [0.25, 0.3) is 5.91 Å². The quantitative estimate of drug-likeness (QED) is 0.0478. The van der Waals surface area contributed by atoms with Gasteiger partial charge < -0.3 is 38.1 Å². The Labute approximate surface area is 262 Å². The molecule has 3 unspecified atom stereocenters. The molecule has 3 atom stereocenters. The fourth-order valence-electron chi connectivity index (χ4n) is 4.15. The molecular formula is C31H42N8O6. The second-order valence-electron chi connectivity index (χ2n) is 11.1. The highest BCUT2D eigenvalue weighted by atomic mass is 16.2. The van der Waals surface area contributed by atoms with Gasteiger partial charge in [0.05, 0.1) is 12.5 Å². The zero-order chi connectivity index (χ0) is 33.6. The largest absolute Gasteiger partial charge is 0.370 e. The third kappa shape index (κ3) is 12.5. The summed E-state index contributed by atoms with van der Waals surface area (Å²) >= 11 is 0. The molecule has 0 bridgehead atoms. The molecule has 0 spiro atoms. The molecule has 242 valence electrons. The van der Waals surface area contributed by atoms with Gasteiger partial charge in [-0.2, -0.15) is 0 Å². The predicted molar refractivity (Wildman–Crippen MR) is 167 cm³/mol. The molecule has 0 aliphatic heterocycles. The van der Waals surface area contributed by atoms with E-state index >= 15 is 0 Å². The van der Waals surface area contributed by atoms with Gasteiger partial charge in [-0.15, -0.1) is 0 Å². The normalized spacial score (nSPS) is 12.9. The third-order valence-corrected chi connectivity index (χ3v) is 6.78. The Hall–Kier alpha value is -5.27. The van der Waals surface area contributed by atoms with Gasteiger partial charge in [-0.3, -0.25) is 34.2 Å². The van der Waals surface area contributed by atoms with Crippen LogP contribution in [0, 0.1) is 5.41 Å². The van der Waals surface area contributed by atoms with Crippen LogP contribution in [0.5, 0.6) is 0 Å². The van der Waals surface area contributed by atoms with Crippen molar-refractivity contribution in [2.75, 3.05) is 6.54 Å². The monoisotopic (exact) mass is 622 g/mol. The van der Waals surface area contributed by atoms with Crippen LogP contribution in [-0.2, 0) is 41.6 Å². The molecule has 0 radical (unpaired) electrons. The lowest BCUT2D eigenvalue weighted by atomic mass is 10.0. The average molecular weight is 623 g/mol. The minimum atomic E-state index is -1.44. The number of rotatable bonds is 17. The summed E-state index contributed by atoms with van der Waals surface area (Å²) in [7, 11) is 0. The van der Waals surface area contributed by atoms with Gasteiger partial charge in [-0.25, -0.2) is 0 Å². The Kier molecular flexibility index (Phi) is 13.7. The molecule has 0 aromatic heterocycles. The maximum atomic E-state index is 13.3. The Balaban J connectivity index is 2.12. The minimum absolute atomic E-state index is 0.0211. The fourth-order valence-corrected chi connectivity index (χ4v) is 4.15. The lowest BCUT2D eigenvalue weighted by Gasteiger charge is -2.26. The fraction of sp³-hybridized carbons (Fsp3) is 0.387. The number of amides is 5. The minimum Gasteiger partial charge on any atom is -0.370 e. The van der Waals surface area contributed by atoms with E-state index in [2.05, 4.69) is 26.6 Å². The highest BCUT2D eigenvalue weighted by Gasteiger charge is 2.33. The zero-order valence-electron chi connectivity index (χ0n) is 25.6. The summed E-state index contributed by atoms with van der Waals surface area (Å²) in [4.78, 5) is 76.7. The highest BCUT2D eigenvalue weighted by molar-refractivity contribution is 6.38. The van der Waals surface area contributed by atoms with Gasteiger partial charge in [0, 0.05) is 13.0 Å². The maximum absolute atomic E-state index is 13.3. The van der Waals surface area contributed by atoms with Crippen molar-refractivity contribution >= 4 is 41.3 Å². The number of primary amides is 1. The summed E-state index contributed by atoms with van der Waals surface area (Å²) in [6.07, 6.45) is 0.452. The highest BCUT2D eigenvalue weighted by Crippen LogP contribution is 2.07. The smallest absolute Gasteiger partial charge is 0.290 e. The van der Waals surface area contributed by atoms with Gasteiger partial charge in [-0.1, -0.05) is 60.7 Å². The molecule has 0 saturated heterocycles. The van der Waals surface area contributed by atoms with Crippen LogP contribution >= 0.6 is 0 Å². The van der Waals surface area contributed by atoms with Gasteiger partial charge in [0.2, 0.25) is 29.4 Å². The predicted octanol–water partition coefficient (Wildman–Crippen LogP) is -0.841. The number of hydrogen-bond donors (Lipinski definition) is 8. The number of carbonyl (C=O) groups excluding carboxylic acids is 6. The summed E-state index contributed by atoms with van der Waals surface area (Å²) in [5.74, 6) is -5.12. The topological polar surface area (TPSA) is 238 Å². The van der Waals surface area contributed by atoms with Crippen LogP contribution in [0.2, 0.25) is 0 Å². The molecule has 14 heteroatoms. The Morgan fingerprint density at radius 2 is 1.38 bits per heavy atom. The van der Waals surface area contributed by atoms with E-state index in [4.69, 9.17) is 16.9 Å². The third-order valence-electron chi connectivity index (χ3n) is 6.78. The van der Waals surface area contributed by atoms with Gasteiger partial charge >= 0.3 is 0 Å². The van der Waals surface area contributed by atoms with E-state index in [1.54, 1.807) is 48.5 Å². The Morgan fingerprint density at radius 1 is 0.800 bits per heavy atom. The van der Waals surface area contributed by atoms with E-state index in [1.807, 2.05) is 12.1 Å². The molecule has 5 amide bonds. The Morgan fingerprint density at radius 3 is 1.93 bits per heavy atom. The first-order valence-electron chi connectivity index (χ1n) is 14.4. The molecule has 2 rings (SSSR count). The molecule has 0 aliphatic carbocycles. The van der Waals surface area contributed by atoms with Gasteiger partial charge in [0.15, 0.2) is 5.96 Å². The molecule has 10 N–H and O–H groups in total. The first kappa shape index (κ1) is 35.9. The molecule has 14 nitrogen and oxygen atoms in total. The Bertz CT molecular complexity index is 1370. The van der Waals surface area contributed by atoms with Gasteiger partial charge in [-0.05, 0) is 44.7 Å². The summed E-state index contributed by atoms with van der Waals surface area (Å²) < 4.78 is 0. The van der Waals surface area contributed by atoms with Crippen LogP contribution in [0.15, 0.2) is 60.7 Å². The van der Waals surface area contributed by atoms with Gasteiger partial charge in [0.1, 0.15) is 17.6 Å². The molecule has 0 heterocycles. The molecule has 0 aliphatic rings. The average Bonchev–Trinajstić information content (AvgIpc) is 2.98. The number of ketones is 1. The number of benzene rings is 2. The lowest BCUT2D eigenvalue weighted by Crippen LogP contribution is -2.59. The molecule has 45 heavy (non-hydrogen) atoms. The van der Waals surface area contributed by atoms with E-state index in [1.165, 1.54) is 20.8 Å². The molecular weight excluding hydrogens is 580 g/mol. The summed E-state index contributed by atoms with van der Waals surface area (Å²) in [6, 6.07) is 14.4. The summed E-state index contributed by atoms with van der Waals surface area (Å²) in [6.45, 7) is 4.29. The van der Waals surface area contributed by atoms with Crippen molar-refractivity contribution in [2.45, 2.75) is 70.1 Å². The van der Waals surface area contributed by atoms with Crippen molar-refractivity contribution < 1.29 is 28.8 Å². The SMILES string of the molecule is CC(NC(=O)C(Cc1ccccc1)NC(=O)Cc1ccccc1)C(=O)C(=O)NC(CCCNC(=N)N)C(=O)NC(C)(C)C(N)=O. The zero-order valence-corrected chi connectivity index (χ0v) is 25.6. The number of nitrogens with two attached hydrogens (primary N) is 2. The molecule has 0 saturated carbocycles. The maximum Gasteiger partial charge on any atom is 0.290 e. The van der Waals surface area contributed by atoms with Crippen molar-refractivity contribution in [2.24, 2.45) is 11.5 Å². The van der Waals surface area contributed by atoms with Crippen molar-refractivity contribution in [3.8, 4) is 0 Å². The van der Waals surface area contributed by atoms with Crippen LogP contribution in [0.3, 0.4) is 0 Å². The standard InChI is InChI=1S/C31H42N8O6/c1-19(25(41)28(44)38-22(15-10-16-35-30(33)34)27(43)39-31(2,3)29(32)45)36-26(42)23(17-20-11-6-4-7-12-20)37-24(40)18-21-13-8-5-9-14-21/h4-9,11-14,19,22-23H,10,15-18H2,1-3H3,(H2,32,45)(H,36,42)(H,37,40)(H,38,44)(H,39,43)(H4,33,34,35). The van der Waals surface area contributed by atoms with E-state index in [0.717, 1.165) is 11.1 Å². The van der Waals surface area contributed by atoms with Crippen LogP contribution in [0.4, 0.5) is 0 Å². The number of hydrogen-bond acceptors (Lipinski definition) is 7. The summed E-state index contributed by atoms with van der Waals surface area (Å²) in [5.41, 5.74) is 10.7. The second kappa shape index (κ2) is 17.1. The summed E-state index contributed by atoms with van der Waals surface area (Å²) in [5, 5.41) is 19.8. The van der Waals surface area contributed by atoms with Crippen LogP contribution in [0.1, 0.15) is 44.7 Å². The lowest BCUT2D eigenvalue weighted by molar-refractivity contribution is -0.142.